The molecule has 0 fully saturated rings. The molecule has 0 aliphatic rings. The minimum atomic E-state index is 0.108. The molecule has 2 aromatic carbocycles. The molecular weight excluding hydrogens is 341 g/mol. The lowest BCUT2D eigenvalue weighted by Gasteiger charge is -2.09. The van der Waals surface area contributed by atoms with Crippen molar-refractivity contribution in [3.05, 3.63) is 63.6 Å². The second kappa shape index (κ2) is 7.98. The number of benzene rings is 2. The molecule has 4 nitrogen and oxygen atoms in total. The monoisotopic (exact) mass is 353 g/mol. The van der Waals surface area contributed by atoms with Crippen LogP contribution in [0.4, 0.5) is 0 Å². The Morgan fingerprint density at radius 1 is 1.23 bits per heavy atom. The standard InChI is InChI=1S/C15H13Cl2N3OS/c16-13-5-2-6-14(17)12(13)9-21-11-4-1-3-10(7-11)8-19-20-15(18)22/h1-8H,9H2,(H3,18,20,22)/b19-8-. The molecule has 0 amide bonds. The van der Waals surface area contributed by atoms with E-state index in [1.165, 1.54) is 0 Å². The van der Waals surface area contributed by atoms with Crippen LogP contribution in [0.3, 0.4) is 0 Å². The number of hydrazone groups is 1. The van der Waals surface area contributed by atoms with Gasteiger partial charge in [0.05, 0.1) is 6.21 Å². The second-order valence-corrected chi connectivity index (χ2v) is 5.55. The van der Waals surface area contributed by atoms with Crippen molar-refractivity contribution in [3.63, 3.8) is 0 Å². The maximum atomic E-state index is 6.11. The van der Waals surface area contributed by atoms with Crippen LogP contribution in [0.2, 0.25) is 10.0 Å². The zero-order chi connectivity index (χ0) is 15.9. The Balaban J connectivity index is 2.04. The number of rotatable bonds is 5. The van der Waals surface area contributed by atoms with E-state index < -0.39 is 0 Å². The van der Waals surface area contributed by atoms with Crippen molar-refractivity contribution in [3.8, 4) is 5.75 Å². The van der Waals surface area contributed by atoms with Gasteiger partial charge in [-0.05, 0) is 42.0 Å². The molecular formula is C15H13Cl2N3OS. The lowest BCUT2D eigenvalue weighted by molar-refractivity contribution is 0.306. The van der Waals surface area contributed by atoms with E-state index in [-0.39, 0.29) is 11.7 Å². The van der Waals surface area contributed by atoms with Crippen LogP contribution < -0.4 is 15.9 Å². The first kappa shape index (κ1) is 16.5. The van der Waals surface area contributed by atoms with Gasteiger partial charge in [-0.3, -0.25) is 5.43 Å². The zero-order valence-corrected chi connectivity index (χ0v) is 13.8. The van der Waals surface area contributed by atoms with E-state index in [4.69, 9.17) is 33.7 Å². The number of hydrogen-bond donors (Lipinski definition) is 2. The lowest BCUT2D eigenvalue weighted by atomic mass is 10.2. The van der Waals surface area contributed by atoms with Gasteiger partial charge in [-0.25, -0.2) is 0 Å². The van der Waals surface area contributed by atoms with Gasteiger partial charge >= 0.3 is 0 Å². The van der Waals surface area contributed by atoms with Crippen LogP contribution in [0.1, 0.15) is 11.1 Å². The van der Waals surface area contributed by atoms with Gasteiger partial charge in [-0.2, -0.15) is 5.10 Å². The van der Waals surface area contributed by atoms with Gasteiger partial charge in [0.25, 0.3) is 0 Å². The van der Waals surface area contributed by atoms with E-state index >= 15 is 0 Å². The Morgan fingerprint density at radius 3 is 2.59 bits per heavy atom. The summed E-state index contributed by atoms with van der Waals surface area (Å²) in [7, 11) is 0. The van der Waals surface area contributed by atoms with Gasteiger partial charge in [-0.1, -0.05) is 41.4 Å². The third kappa shape index (κ3) is 4.87. The highest BCUT2D eigenvalue weighted by molar-refractivity contribution is 7.80. The predicted molar refractivity (Wildman–Crippen MR) is 94.8 cm³/mol. The molecule has 0 aliphatic heterocycles. The molecule has 0 saturated carbocycles. The first-order valence-corrected chi connectivity index (χ1v) is 7.47. The fraction of sp³-hybridized carbons (Fsp3) is 0.0667. The van der Waals surface area contributed by atoms with E-state index in [0.29, 0.717) is 15.8 Å². The molecule has 2 rings (SSSR count). The summed E-state index contributed by atoms with van der Waals surface area (Å²) >= 11 is 16.9. The summed E-state index contributed by atoms with van der Waals surface area (Å²) in [4.78, 5) is 0. The Hall–Kier alpha value is -1.82. The number of nitrogens with one attached hydrogen (secondary N) is 1. The van der Waals surface area contributed by atoms with E-state index in [2.05, 4.69) is 22.7 Å². The van der Waals surface area contributed by atoms with Gasteiger partial charge < -0.3 is 10.5 Å². The summed E-state index contributed by atoms with van der Waals surface area (Å²) in [6.07, 6.45) is 1.59. The fourth-order valence-corrected chi connectivity index (χ4v) is 2.24. The van der Waals surface area contributed by atoms with Crippen molar-refractivity contribution in [2.24, 2.45) is 10.8 Å². The number of halogens is 2. The van der Waals surface area contributed by atoms with Crippen molar-refractivity contribution >= 4 is 46.7 Å². The molecule has 0 aliphatic carbocycles. The molecule has 0 unspecified atom stereocenters. The normalized spacial score (nSPS) is 10.6. The summed E-state index contributed by atoms with van der Waals surface area (Å²) < 4.78 is 5.72. The summed E-state index contributed by atoms with van der Waals surface area (Å²) in [6, 6.07) is 12.7. The largest absolute Gasteiger partial charge is 0.489 e. The molecule has 0 heterocycles. The molecule has 3 N–H and O–H groups in total. The molecule has 22 heavy (non-hydrogen) atoms. The number of ether oxygens (including phenoxy) is 1. The Labute approximate surface area is 143 Å². The fourth-order valence-electron chi connectivity index (χ4n) is 1.68. The van der Waals surface area contributed by atoms with Crippen molar-refractivity contribution in [1.29, 1.82) is 0 Å². The smallest absolute Gasteiger partial charge is 0.184 e. The number of nitrogens with zero attached hydrogens (tertiary/aromatic N) is 1. The molecule has 2 aromatic rings. The first-order chi connectivity index (χ1) is 10.6. The van der Waals surface area contributed by atoms with Crippen molar-refractivity contribution < 1.29 is 4.74 Å². The number of nitrogens with two attached hydrogens (primary N) is 1. The van der Waals surface area contributed by atoms with Crippen LogP contribution in [0.15, 0.2) is 47.6 Å². The van der Waals surface area contributed by atoms with E-state index in [0.717, 1.165) is 11.1 Å². The predicted octanol–water partition coefficient (Wildman–Crippen LogP) is 3.74. The van der Waals surface area contributed by atoms with Crippen LogP contribution >= 0.6 is 35.4 Å². The molecule has 0 radical (unpaired) electrons. The van der Waals surface area contributed by atoms with E-state index in [1.54, 1.807) is 24.4 Å². The zero-order valence-electron chi connectivity index (χ0n) is 11.4. The second-order valence-electron chi connectivity index (χ2n) is 4.30. The van der Waals surface area contributed by atoms with Gasteiger partial charge in [0.2, 0.25) is 0 Å². The minimum Gasteiger partial charge on any atom is -0.489 e. The van der Waals surface area contributed by atoms with Crippen LogP contribution in [0.25, 0.3) is 0 Å². The quantitative estimate of drug-likeness (QED) is 0.488. The molecule has 0 aromatic heterocycles. The Bertz CT molecular complexity index is 687. The summed E-state index contributed by atoms with van der Waals surface area (Å²) in [5.74, 6) is 0.676. The summed E-state index contributed by atoms with van der Waals surface area (Å²) in [5, 5.41) is 5.15. The van der Waals surface area contributed by atoms with Crippen LogP contribution in [-0.2, 0) is 6.61 Å². The molecule has 0 atom stereocenters. The Morgan fingerprint density at radius 2 is 1.91 bits per heavy atom. The maximum Gasteiger partial charge on any atom is 0.184 e. The molecule has 0 saturated heterocycles. The van der Waals surface area contributed by atoms with Gasteiger partial charge in [0.1, 0.15) is 12.4 Å². The number of hydrogen-bond acceptors (Lipinski definition) is 3. The minimum absolute atomic E-state index is 0.108. The van der Waals surface area contributed by atoms with Gasteiger partial charge in [0, 0.05) is 15.6 Å². The van der Waals surface area contributed by atoms with Crippen molar-refractivity contribution in [1.82, 2.24) is 5.43 Å². The highest BCUT2D eigenvalue weighted by atomic mass is 35.5. The Kier molecular flexibility index (Phi) is 6.00. The highest BCUT2D eigenvalue weighted by Gasteiger charge is 2.06. The van der Waals surface area contributed by atoms with Crippen LogP contribution in [0, 0.1) is 0 Å². The lowest BCUT2D eigenvalue weighted by Crippen LogP contribution is -2.23. The molecule has 0 bridgehead atoms. The third-order valence-corrected chi connectivity index (χ3v) is 3.49. The van der Waals surface area contributed by atoms with Gasteiger partial charge in [0.15, 0.2) is 5.11 Å². The first-order valence-electron chi connectivity index (χ1n) is 6.30. The maximum absolute atomic E-state index is 6.11. The number of thiocarbonyl (C=S) groups is 1. The van der Waals surface area contributed by atoms with E-state index in [9.17, 15) is 0 Å². The summed E-state index contributed by atoms with van der Waals surface area (Å²) in [6.45, 7) is 0.282. The highest BCUT2D eigenvalue weighted by Crippen LogP contribution is 2.25. The third-order valence-electron chi connectivity index (χ3n) is 2.69. The topological polar surface area (TPSA) is 59.6 Å². The van der Waals surface area contributed by atoms with Crippen molar-refractivity contribution in [2.75, 3.05) is 0 Å². The molecule has 114 valence electrons. The van der Waals surface area contributed by atoms with E-state index in [1.807, 2.05) is 24.3 Å². The van der Waals surface area contributed by atoms with Gasteiger partial charge in [-0.15, -0.1) is 0 Å². The van der Waals surface area contributed by atoms with Crippen molar-refractivity contribution in [2.45, 2.75) is 6.61 Å². The average molecular weight is 354 g/mol. The molecule has 0 spiro atoms. The summed E-state index contributed by atoms with van der Waals surface area (Å²) in [5.41, 5.74) is 9.36. The van der Waals surface area contributed by atoms with Crippen LogP contribution in [0.5, 0.6) is 5.75 Å². The molecule has 7 heteroatoms. The van der Waals surface area contributed by atoms with Crippen LogP contribution in [-0.4, -0.2) is 11.3 Å². The average Bonchev–Trinajstić information content (AvgIpc) is 2.47. The SMILES string of the molecule is NC(=S)N/N=C\c1cccc(OCc2c(Cl)cccc2Cl)c1.